The molecule has 0 spiro atoms. The normalized spacial score (nSPS) is 23.6. The molecule has 1 aliphatic heterocycles. The third kappa shape index (κ3) is 3.37. The van der Waals surface area contributed by atoms with Crippen molar-refractivity contribution in [2.75, 3.05) is 18.6 Å². The fraction of sp³-hybridized carbons (Fsp3) is 0.833. The third-order valence-corrected chi connectivity index (χ3v) is 3.77. The van der Waals surface area contributed by atoms with E-state index in [1.807, 2.05) is 34.0 Å². The van der Waals surface area contributed by atoms with E-state index in [9.17, 15) is 9.59 Å². The standard InChI is InChI=1S/C12H22N2O2S/c1-8(7-17-5)14-6-9(15)13-10(11(14)16)12(2,3)4/h8,10H,6-7H2,1-5H3,(H,13,15). The van der Waals surface area contributed by atoms with Crippen LogP contribution >= 0.6 is 11.8 Å². The number of hydrogen-bond acceptors (Lipinski definition) is 3. The van der Waals surface area contributed by atoms with E-state index in [1.54, 1.807) is 16.7 Å². The Kier molecular flexibility index (Phi) is 4.47. The molecule has 0 saturated carbocycles. The predicted molar refractivity (Wildman–Crippen MR) is 70.9 cm³/mol. The highest BCUT2D eigenvalue weighted by atomic mass is 32.2. The third-order valence-electron chi connectivity index (χ3n) is 2.96. The molecule has 2 unspecified atom stereocenters. The van der Waals surface area contributed by atoms with E-state index in [0.717, 1.165) is 5.75 Å². The molecule has 1 saturated heterocycles. The van der Waals surface area contributed by atoms with E-state index in [-0.39, 0.29) is 29.8 Å². The minimum atomic E-state index is -0.409. The quantitative estimate of drug-likeness (QED) is 0.825. The molecule has 5 heteroatoms. The maximum absolute atomic E-state index is 12.3. The lowest BCUT2D eigenvalue weighted by molar-refractivity contribution is -0.149. The van der Waals surface area contributed by atoms with Crippen LogP contribution in [0.5, 0.6) is 0 Å². The number of piperazine rings is 1. The highest BCUT2D eigenvalue weighted by Gasteiger charge is 2.41. The summed E-state index contributed by atoms with van der Waals surface area (Å²) in [5.74, 6) is 0.840. The van der Waals surface area contributed by atoms with Crippen molar-refractivity contribution >= 4 is 23.6 Å². The van der Waals surface area contributed by atoms with Gasteiger partial charge in [-0.25, -0.2) is 0 Å². The van der Waals surface area contributed by atoms with Gasteiger partial charge in [-0.3, -0.25) is 9.59 Å². The van der Waals surface area contributed by atoms with Crippen LogP contribution in [-0.4, -0.2) is 47.4 Å². The summed E-state index contributed by atoms with van der Waals surface area (Å²) in [5.41, 5.74) is -0.246. The van der Waals surface area contributed by atoms with E-state index in [2.05, 4.69) is 5.32 Å². The molecule has 0 aromatic heterocycles. The van der Waals surface area contributed by atoms with Crippen LogP contribution in [0.25, 0.3) is 0 Å². The number of nitrogens with zero attached hydrogens (tertiary/aromatic N) is 1. The van der Waals surface area contributed by atoms with Gasteiger partial charge in [-0.2, -0.15) is 11.8 Å². The summed E-state index contributed by atoms with van der Waals surface area (Å²) in [7, 11) is 0. The van der Waals surface area contributed by atoms with Crippen molar-refractivity contribution in [1.82, 2.24) is 10.2 Å². The van der Waals surface area contributed by atoms with E-state index in [1.165, 1.54) is 0 Å². The number of carbonyl (C=O) groups excluding carboxylic acids is 2. The van der Waals surface area contributed by atoms with Crippen LogP contribution in [0, 0.1) is 5.41 Å². The Labute approximate surface area is 108 Å². The predicted octanol–water partition coefficient (Wildman–Crippen LogP) is 1.11. The van der Waals surface area contributed by atoms with Gasteiger partial charge in [-0.15, -0.1) is 0 Å². The molecule has 0 aliphatic carbocycles. The summed E-state index contributed by atoms with van der Waals surface area (Å²) in [4.78, 5) is 25.7. The van der Waals surface area contributed by atoms with Gasteiger partial charge < -0.3 is 10.2 Å². The first-order chi connectivity index (χ1) is 7.77. The Balaban J connectivity index is 2.86. The molecule has 1 rings (SSSR count). The fourth-order valence-electron chi connectivity index (χ4n) is 1.96. The van der Waals surface area contributed by atoms with Crippen molar-refractivity contribution in [3.05, 3.63) is 0 Å². The highest BCUT2D eigenvalue weighted by molar-refractivity contribution is 7.98. The minimum absolute atomic E-state index is 0.0404. The number of nitrogens with one attached hydrogen (secondary N) is 1. The SMILES string of the molecule is CSCC(C)N1CC(=O)NC(C(C)(C)C)C1=O. The van der Waals surface area contributed by atoms with Gasteiger partial charge in [0.25, 0.3) is 0 Å². The minimum Gasteiger partial charge on any atom is -0.342 e. The summed E-state index contributed by atoms with van der Waals surface area (Å²) in [6.45, 7) is 8.09. The van der Waals surface area contributed by atoms with Gasteiger partial charge in [-0.05, 0) is 18.6 Å². The van der Waals surface area contributed by atoms with Crippen LogP contribution in [-0.2, 0) is 9.59 Å². The molecule has 98 valence electrons. The lowest BCUT2D eigenvalue weighted by Gasteiger charge is -2.41. The van der Waals surface area contributed by atoms with E-state index >= 15 is 0 Å². The Morgan fingerprint density at radius 1 is 1.47 bits per heavy atom. The lowest BCUT2D eigenvalue weighted by Crippen LogP contribution is -2.64. The molecule has 1 aliphatic rings. The number of carbonyl (C=O) groups is 2. The molecule has 2 atom stereocenters. The number of amides is 2. The van der Waals surface area contributed by atoms with Crippen LogP contribution in [0.1, 0.15) is 27.7 Å². The molecule has 0 bridgehead atoms. The zero-order valence-electron chi connectivity index (χ0n) is 11.2. The zero-order valence-corrected chi connectivity index (χ0v) is 12.1. The molecule has 1 heterocycles. The molecule has 4 nitrogen and oxygen atoms in total. The van der Waals surface area contributed by atoms with Crippen LogP contribution in [0.3, 0.4) is 0 Å². The largest absolute Gasteiger partial charge is 0.342 e. The Morgan fingerprint density at radius 2 is 2.06 bits per heavy atom. The average molecular weight is 258 g/mol. The van der Waals surface area contributed by atoms with Crippen molar-refractivity contribution in [1.29, 1.82) is 0 Å². The summed E-state index contributed by atoms with van der Waals surface area (Å²) in [6, 6.07) is -0.304. The maximum Gasteiger partial charge on any atom is 0.246 e. The number of thioether (sulfide) groups is 1. The monoisotopic (exact) mass is 258 g/mol. The Morgan fingerprint density at radius 3 is 2.53 bits per heavy atom. The molecular weight excluding hydrogens is 236 g/mol. The van der Waals surface area contributed by atoms with Crippen molar-refractivity contribution < 1.29 is 9.59 Å². The molecule has 1 fully saturated rings. The van der Waals surface area contributed by atoms with Crippen molar-refractivity contribution in [2.24, 2.45) is 5.41 Å². The van der Waals surface area contributed by atoms with Gasteiger partial charge >= 0.3 is 0 Å². The van der Waals surface area contributed by atoms with Gasteiger partial charge in [0.05, 0.1) is 6.54 Å². The molecule has 0 aromatic carbocycles. The summed E-state index contributed by atoms with van der Waals surface area (Å²) in [5, 5.41) is 2.80. The number of hydrogen-bond donors (Lipinski definition) is 1. The zero-order chi connectivity index (χ0) is 13.2. The first-order valence-corrected chi connectivity index (χ1v) is 7.25. The van der Waals surface area contributed by atoms with Gasteiger partial charge in [0.15, 0.2) is 0 Å². The van der Waals surface area contributed by atoms with Gasteiger partial charge in [0.1, 0.15) is 6.04 Å². The first kappa shape index (κ1) is 14.4. The second-order valence-electron chi connectivity index (χ2n) is 5.64. The molecule has 0 aromatic rings. The Bertz CT molecular complexity index is 312. The lowest BCUT2D eigenvalue weighted by atomic mass is 9.84. The Hall–Kier alpha value is -0.710. The molecular formula is C12H22N2O2S. The smallest absolute Gasteiger partial charge is 0.246 e. The van der Waals surface area contributed by atoms with Crippen LogP contribution in [0.2, 0.25) is 0 Å². The topological polar surface area (TPSA) is 49.4 Å². The first-order valence-electron chi connectivity index (χ1n) is 5.86. The van der Waals surface area contributed by atoms with Crippen molar-refractivity contribution in [2.45, 2.75) is 39.8 Å². The van der Waals surface area contributed by atoms with Gasteiger partial charge in [0.2, 0.25) is 11.8 Å². The van der Waals surface area contributed by atoms with Crippen molar-refractivity contribution in [3.8, 4) is 0 Å². The van der Waals surface area contributed by atoms with E-state index in [0.29, 0.717) is 0 Å². The molecule has 0 radical (unpaired) electrons. The van der Waals surface area contributed by atoms with Gasteiger partial charge in [-0.1, -0.05) is 20.8 Å². The second-order valence-corrected chi connectivity index (χ2v) is 6.55. The van der Waals surface area contributed by atoms with Crippen LogP contribution < -0.4 is 5.32 Å². The summed E-state index contributed by atoms with van der Waals surface area (Å²) < 4.78 is 0. The number of rotatable bonds is 3. The van der Waals surface area contributed by atoms with Crippen molar-refractivity contribution in [3.63, 3.8) is 0 Å². The van der Waals surface area contributed by atoms with E-state index < -0.39 is 6.04 Å². The van der Waals surface area contributed by atoms with Crippen LogP contribution in [0.15, 0.2) is 0 Å². The molecule has 2 amide bonds. The summed E-state index contributed by atoms with van der Waals surface area (Å²) >= 11 is 1.69. The maximum atomic E-state index is 12.3. The second kappa shape index (κ2) is 5.29. The van der Waals surface area contributed by atoms with Gasteiger partial charge in [0, 0.05) is 11.8 Å². The average Bonchev–Trinajstić information content (AvgIpc) is 2.19. The molecule has 1 N–H and O–H groups in total. The van der Waals surface area contributed by atoms with E-state index in [4.69, 9.17) is 0 Å². The molecule has 17 heavy (non-hydrogen) atoms. The fourth-order valence-corrected chi connectivity index (χ4v) is 2.62. The highest BCUT2D eigenvalue weighted by Crippen LogP contribution is 2.24. The van der Waals surface area contributed by atoms with Crippen LogP contribution in [0.4, 0.5) is 0 Å². The summed E-state index contributed by atoms with van der Waals surface area (Å²) in [6.07, 6.45) is 2.01.